The predicted molar refractivity (Wildman–Crippen MR) is 105 cm³/mol. The monoisotopic (exact) mass is 366 g/mol. The second-order valence-corrected chi connectivity index (χ2v) is 6.24. The molecule has 7 heteroatoms. The van der Waals surface area contributed by atoms with E-state index in [-0.39, 0.29) is 17.2 Å². The van der Waals surface area contributed by atoms with Crippen molar-refractivity contribution in [2.24, 2.45) is 0 Å². The summed E-state index contributed by atoms with van der Waals surface area (Å²) in [6, 6.07) is 14.2. The van der Waals surface area contributed by atoms with E-state index in [2.05, 4.69) is 20.8 Å². The van der Waals surface area contributed by atoms with Crippen molar-refractivity contribution < 1.29 is 9.90 Å². The summed E-state index contributed by atoms with van der Waals surface area (Å²) >= 11 is 0. The maximum Gasteiger partial charge on any atom is 0.272 e. The lowest BCUT2D eigenvalue weighted by Crippen LogP contribution is -2.26. The van der Waals surface area contributed by atoms with Gasteiger partial charge in [-0.3, -0.25) is 9.59 Å². The first-order valence-electron chi connectivity index (χ1n) is 8.89. The lowest BCUT2D eigenvalue weighted by atomic mass is 10.1. The molecule has 0 spiro atoms. The molecule has 140 valence electrons. The molecule has 3 rings (SSSR count). The Bertz CT molecular complexity index is 967. The van der Waals surface area contributed by atoms with E-state index in [1.807, 2.05) is 30.3 Å². The van der Waals surface area contributed by atoms with Gasteiger partial charge in [-0.1, -0.05) is 30.3 Å². The molecule has 0 aliphatic carbocycles. The Morgan fingerprint density at radius 2 is 1.78 bits per heavy atom. The normalized spacial score (nSPS) is 10.7. The van der Waals surface area contributed by atoms with Crippen LogP contribution in [0.15, 0.2) is 53.3 Å². The first-order chi connectivity index (χ1) is 13.1. The van der Waals surface area contributed by atoms with Crippen LogP contribution in [0.1, 0.15) is 18.4 Å². The first kappa shape index (κ1) is 18.4. The molecule has 1 amide bonds. The van der Waals surface area contributed by atoms with E-state index in [0.29, 0.717) is 37.1 Å². The minimum Gasteiger partial charge on any atom is -0.508 e. The lowest BCUT2D eigenvalue weighted by molar-refractivity contribution is -0.121. The molecule has 0 aliphatic rings. The Morgan fingerprint density at radius 1 is 1.04 bits per heavy atom. The lowest BCUT2D eigenvalue weighted by Gasteiger charge is -2.09. The molecule has 0 fully saturated rings. The zero-order valence-corrected chi connectivity index (χ0v) is 14.9. The summed E-state index contributed by atoms with van der Waals surface area (Å²) in [7, 11) is 0. The first-order valence-corrected chi connectivity index (χ1v) is 8.89. The highest BCUT2D eigenvalue weighted by atomic mass is 16.3. The zero-order chi connectivity index (χ0) is 19.1. The SMILES string of the molecule is O=C(CCc1ccc(O)cc1)NCCCNc1n[nH]c(=O)c2ccccc12. The largest absolute Gasteiger partial charge is 0.508 e. The number of hydrogen-bond acceptors (Lipinski definition) is 5. The summed E-state index contributed by atoms with van der Waals surface area (Å²) in [6.07, 6.45) is 1.78. The number of H-pyrrole nitrogens is 1. The van der Waals surface area contributed by atoms with E-state index in [4.69, 9.17) is 0 Å². The number of nitrogens with zero attached hydrogens (tertiary/aromatic N) is 1. The summed E-state index contributed by atoms with van der Waals surface area (Å²) in [4.78, 5) is 23.7. The van der Waals surface area contributed by atoms with Crippen molar-refractivity contribution in [3.63, 3.8) is 0 Å². The van der Waals surface area contributed by atoms with E-state index in [1.165, 1.54) is 0 Å². The number of nitrogens with one attached hydrogen (secondary N) is 3. The molecule has 7 nitrogen and oxygen atoms in total. The number of phenols is 1. The van der Waals surface area contributed by atoms with Crippen molar-refractivity contribution in [1.29, 1.82) is 0 Å². The second kappa shape index (κ2) is 8.84. The van der Waals surface area contributed by atoms with Crippen molar-refractivity contribution in [3.8, 4) is 5.75 Å². The van der Waals surface area contributed by atoms with Gasteiger partial charge in [0.2, 0.25) is 5.91 Å². The van der Waals surface area contributed by atoms with Crippen molar-refractivity contribution in [2.45, 2.75) is 19.3 Å². The van der Waals surface area contributed by atoms with Crippen LogP contribution in [0.2, 0.25) is 0 Å². The molecule has 0 aliphatic heterocycles. The Kier molecular flexibility index (Phi) is 6.04. The van der Waals surface area contributed by atoms with E-state index in [1.54, 1.807) is 18.2 Å². The van der Waals surface area contributed by atoms with Crippen LogP contribution in [-0.2, 0) is 11.2 Å². The fourth-order valence-corrected chi connectivity index (χ4v) is 2.78. The Balaban J connectivity index is 1.39. The van der Waals surface area contributed by atoms with Gasteiger partial charge in [0.1, 0.15) is 5.75 Å². The molecule has 0 unspecified atom stereocenters. The number of carbonyl (C=O) groups excluding carboxylic acids is 1. The van der Waals surface area contributed by atoms with E-state index >= 15 is 0 Å². The molecule has 1 aromatic heterocycles. The summed E-state index contributed by atoms with van der Waals surface area (Å²) < 4.78 is 0. The van der Waals surface area contributed by atoms with Gasteiger partial charge in [-0.05, 0) is 36.6 Å². The van der Waals surface area contributed by atoms with Crippen LogP contribution in [0, 0.1) is 0 Å². The summed E-state index contributed by atoms with van der Waals surface area (Å²) in [5.74, 6) is 0.847. The van der Waals surface area contributed by atoms with Crippen molar-refractivity contribution in [1.82, 2.24) is 15.5 Å². The smallest absolute Gasteiger partial charge is 0.272 e. The standard InChI is InChI=1S/C20H22N4O3/c25-15-9-6-14(7-10-15)8-11-18(26)21-12-3-13-22-19-16-4-1-2-5-17(16)20(27)24-23-19/h1-2,4-7,9-10,25H,3,8,11-13H2,(H,21,26)(H,22,23)(H,24,27). The van der Waals surface area contributed by atoms with Crippen LogP contribution in [0.4, 0.5) is 5.82 Å². The molecule has 3 aromatic rings. The highest BCUT2D eigenvalue weighted by Gasteiger charge is 2.05. The Morgan fingerprint density at radius 3 is 2.56 bits per heavy atom. The molecular formula is C20H22N4O3. The molecule has 27 heavy (non-hydrogen) atoms. The number of aryl methyl sites for hydroxylation is 1. The van der Waals surface area contributed by atoms with Crippen molar-refractivity contribution >= 4 is 22.5 Å². The number of benzene rings is 2. The van der Waals surface area contributed by atoms with E-state index < -0.39 is 0 Å². The number of phenolic OH excluding ortho intramolecular Hbond substituents is 1. The van der Waals surface area contributed by atoms with Gasteiger partial charge in [-0.25, -0.2) is 5.10 Å². The number of aromatic nitrogens is 2. The van der Waals surface area contributed by atoms with Gasteiger partial charge in [0, 0.05) is 24.9 Å². The molecule has 2 aromatic carbocycles. The molecule has 0 saturated heterocycles. The molecule has 1 heterocycles. The minimum atomic E-state index is -0.211. The molecule has 0 saturated carbocycles. The van der Waals surface area contributed by atoms with Gasteiger partial charge in [0.15, 0.2) is 5.82 Å². The molecule has 0 radical (unpaired) electrons. The third kappa shape index (κ3) is 5.07. The summed E-state index contributed by atoms with van der Waals surface area (Å²) in [6.45, 7) is 1.18. The van der Waals surface area contributed by atoms with Crippen LogP contribution in [0.5, 0.6) is 5.75 Å². The number of rotatable bonds is 8. The van der Waals surface area contributed by atoms with Gasteiger partial charge in [-0.2, -0.15) is 5.10 Å². The minimum absolute atomic E-state index is 0.00399. The van der Waals surface area contributed by atoms with Crippen LogP contribution in [-0.4, -0.2) is 34.3 Å². The number of amides is 1. The average Bonchev–Trinajstić information content (AvgIpc) is 2.69. The number of anilines is 1. The number of fused-ring (bicyclic) bond motifs is 1. The summed E-state index contributed by atoms with van der Waals surface area (Å²) in [5, 5.41) is 23.2. The molecular weight excluding hydrogens is 344 g/mol. The number of aromatic hydroxyl groups is 1. The maximum absolute atomic E-state index is 11.9. The summed E-state index contributed by atoms with van der Waals surface area (Å²) in [5.41, 5.74) is 0.803. The topological polar surface area (TPSA) is 107 Å². The fourth-order valence-electron chi connectivity index (χ4n) is 2.78. The predicted octanol–water partition coefficient (Wildman–Crippen LogP) is 2.18. The van der Waals surface area contributed by atoms with Gasteiger partial charge in [-0.15, -0.1) is 0 Å². The molecule has 4 N–H and O–H groups in total. The second-order valence-electron chi connectivity index (χ2n) is 6.24. The Hall–Kier alpha value is -3.35. The van der Waals surface area contributed by atoms with Gasteiger partial charge < -0.3 is 15.7 Å². The average molecular weight is 366 g/mol. The van der Waals surface area contributed by atoms with Gasteiger partial charge in [0.25, 0.3) is 5.56 Å². The van der Waals surface area contributed by atoms with Crippen LogP contribution in [0.25, 0.3) is 10.8 Å². The van der Waals surface area contributed by atoms with Crippen LogP contribution in [0.3, 0.4) is 0 Å². The van der Waals surface area contributed by atoms with Gasteiger partial charge >= 0.3 is 0 Å². The van der Waals surface area contributed by atoms with Crippen LogP contribution >= 0.6 is 0 Å². The van der Waals surface area contributed by atoms with Gasteiger partial charge in [0.05, 0.1) is 5.39 Å². The highest BCUT2D eigenvalue weighted by Crippen LogP contribution is 2.16. The molecule has 0 atom stereocenters. The number of hydrogen-bond donors (Lipinski definition) is 4. The van der Waals surface area contributed by atoms with Crippen molar-refractivity contribution in [3.05, 3.63) is 64.4 Å². The third-order valence-electron chi connectivity index (χ3n) is 4.24. The zero-order valence-electron chi connectivity index (χ0n) is 14.9. The number of aromatic amines is 1. The van der Waals surface area contributed by atoms with E-state index in [9.17, 15) is 14.7 Å². The maximum atomic E-state index is 11.9. The molecule has 0 bridgehead atoms. The highest BCUT2D eigenvalue weighted by molar-refractivity contribution is 5.90. The quantitative estimate of drug-likeness (QED) is 0.457. The van der Waals surface area contributed by atoms with Crippen molar-refractivity contribution in [2.75, 3.05) is 18.4 Å². The number of carbonyl (C=O) groups is 1. The van der Waals surface area contributed by atoms with E-state index in [0.717, 1.165) is 17.4 Å². The third-order valence-corrected chi connectivity index (χ3v) is 4.24. The van der Waals surface area contributed by atoms with Crippen LogP contribution < -0.4 is 16.2 Å². The Labute approximate surface area is 156 Å². The fraction of sp³-hybridized carbons (Fsp3) is 0.250.